The minimum Gasteiger partial charge on any atom is -0.349 e. The molecule has 0 aliphatic rings. The van der Waals surface area contributed by atoms with Crippen LogP contribution in [0, 0.1) is 5.41 Å². The van der Waals surface area contributed by atoms with Crippen LogP contribution in [0.2, 0.25) is 0 Å². The molecule has 0 aromatic carbocycles. The summed E-state index contributed by atoms with van der Waals surface area (Å²) in [6, 6.07) is 1.74. The SMILES string of the molecule is CCn1cc(S(=O)(=O)NCCC(C)(C)C)cc1CNC. The third kappa shape index (κ3) is 4.92. The Morgan fingerprint density at radius 1 is 1.30 bits per heavy atom. The lowest BCUT2D eigenvalue weighted by Crippen LogP contribution is -2.27. The van der Waals surface area contributed by atoms with E-state index < -0.39 is 10.0 Å². The van der Waals surface area contributed by atoms with E-state index in [0.717, 1.165) is 18.7 Å². The fourth-order valence-electron chi connectivity index (χ4n) is 1.94. The van der Waals surface area contributed by atoms with Crippen LogP contribution >= 0.6 is 0 Å². The van der Waals surface area contributed by atoms with Crippen molar-refractivity contribution in [2.24, 2.45) is 5.41 Å². The molecule has 0 unspecified atom stereocenters. The Bertz CT molecular complexity index is 527. The monoisotopic (exact) mass is 301 g/mol. The molecule has 1 rings (SSSR count). The van der Waals surface area contributed by atoms with E-state index in [2.05, 4.69) is 30.8 Å². The summed E-state index contributed by atoms with van der Waals surface area (Å²) in [4.78, 5) is 0.346. The molecule has 0 aliphatic carbocycles. The number of aryl methyl sites for hydroxylation is 1. The molecule has 0 aliphatic heterocycles. The topological polar surface area (TPSA) is 63.1 Å². The van der Waals surface area contributed by atoms with Crippen molar-refractivity contribution >= 4 is 10.0 Å². The van der Waals surface area contributed by atoms with Crippen molar-refractivity contribution in [3.8, 4) is 0 Å². The Labute approximate surface area is 122 Å². The van der Waals surface area contributed by atoms with Gasteiger partial charge in [0.25, 0.3) is 0 Å². The molecule has 1 aromatic heterocycles. The van der Waals surface area contributed by atoms with Gasteiger partial charge in [0, 0.05) is 31.5 Å². The fraction of sp³-hybridized carbons (Fsp3) is 0.714. The Balaban J connectivity index is 2.82. The van der Waals surface area contributed by atoms with Gasteiger partial charge in [-0.25, -0.2) is 13.1 Å². The predicted octanol–water partition coefficient (Wildman–Crippen LogP) is 1.94. The summed E-state index contributed by atoms with van der Waals surface area (Å²) in [5.74, 6) is 0. The molecule has 0 radical (unpaired) electrons. The average Bonchev–Trinajstić information content (AvgIpc) is 2.71. The highest BCUT2D eigenvalue weighted by atomic mass is 32.2. The molecule has 20 heavy (non-hydrogen) atoms. The summed E-state index contributed by atoms with van der Waals surface area (Å²) in [7, 11) is -1.56. The molecule has 2 N–H and O–H groups in total. The molecule has 5 nitrogen and oxygen atoms in total. The highest BCUT2D eigenvalue weighted by Crippen LogP contribution is 2.19. The van der Waals surface area contributed by atoms with Crippen molar-refractivity contribution in [3.63, 3.8) is 0 Å². The smallest absolute Gasteiger partial charge is 0.242 e. The van der Waals surface area contributed by atoms with E-state index in [9.17, 15) is 8.42 Å². The van der Waals surface area contributed by atoms with Crippen LogP contribution < -0.4 is 10.0 Å². The van der Waals surface area contributed by atoms with Crippen LogP contribution in [-0.4, -0.2) is 26.6 Å². The Morgan fingerprint density at radius 3 is 2.45 bits per heavy atom. The van der Waals surface area contributed by atoms with Gasteiger partial charge in [-0.1, -0.05) is 20.8 Å². The Kier molecular flexibility index (Phi) is 5.79. The number of nitrogens with zero attached hydrogens (tertiary/aromatic N) is 1. The summed E-state index contributed by atoms with van der Waals surface area (Å²) in [6.45, 7) is 10.2. The van der Waals surface area contributed by atoms with Gasteiger partial charge >= 0.3 is 0 Å². The van der Waals surface area contributed by atoms with Crippen LogP contribution in [0.3, 0.4) is 0 Å². The zero-order valence-electron chi connectivity index (χ0n) is 13.2. The molecule has 1 heterocycles. The van der Waals surface area contributed by atoms with Gasteiger partial charge in [0.1, 0.15) is 0 Å². The largest absolute Gasteiger partial charge is 0.349 e. The Hall–Kier alpha value is -0.850. The van der Waals surface area contributed by atoms with Gasteiger partial charge < -0.3 is 9.88 Å². The van der Waals surface area contributed by atoms with Gasteiger partial charge in [-0.05, 0) is 31.9 Å². The molecule has 0 saturated carbocycles. The fourth-order valence-corrected chi connectivity index (χ4v) is 3.03. The van der Waals surface area contributed by atoms with Crippen molar-refractivity contribution in [1.82, 2.24) is 14.6 Å². The van der Waals surface area contributed by atoms with Crippen LogP contribution in [0.15, 0.2) is 17.2 Å². The van der Waals surface area contributed by atoms with E-state index in [1.165, 1.54) is 0 Å². The highest BCUT2D eigenvalue weighted by Gasteiger charge is 2.19. The first-order valence-corrected chi connectivity index (χ1v) is 8.51. The lowest BCUT2D eigenvalue weighted by atomic mass is 9.93. The maximum absolute atomic E-state index is 12.3. The van der Waals surface area contributed by atoms with E-state index >= 15 is 0 Å². The second-order valence-electron chi connectivity index (χ2n) is 6.19. The normalized spacial score (nSPS) is 12.8. The van der Waals surface area contributed by atoms with Crippen LogP contribution in [0.4, 0.5) is 0 Å². The molecule has 0 saturated heterocycles. The number of aromatic nitrogens is 1. The molecular formula is C14H27N3O2S. The minimum atomic E-state index is -3.41. The predicted molar refractivity (Wildman–Crippen MR) is 82.1 cm³/mol. The van der Waals surface area contributed by atoms with Crippen LogP contribution in [-0.2, 0) is 23.1 Å². The summed E-state index contributed by atoms with van der Waals surface area (Å²) in [5, 5.41) is 3.05. The molecule has 1 aromatic rings. The van der Waals surface area contributed by atoms with Crippen molar-refractivity contribution in [2.75, 3.05) is 13.6 Å². The molecule has 0 bridgehead atoms. The number of nitrogens with one attached hydrogen (secondary N) is 2. The zero-order valence-corrected chi connectivity index (χ0v) is 14.0. The average molecular weight is 301 g/mol. The summed E-state index contributed by atoms with van der Waals surface area (Å²) >= 11 is 0. The van der Waals surface area contributed by atoms with Crippen LogP contribution in [0.25, 0.3) is 0 Å². The van der Waals surface area contributed by atoms with Crippen molar-refractivity contribution < 1.29 is 8.42 Å². The number of hydrogen-bond donors (Lipinski definition) is 2. The highest BCUT2D eigenvalue weighted by molar-refractivity contribution is 7.89. The van der Waals surface area contributed by atoms with E-state index in [1.54, 1.807) is 12.3 Å². The first-order chi connectivity index (χ1) is 9.19. The van der Waals surface area contributed by atoms with E-state index in [1.807, 2.05) is 18.5 Å². The lowest BCUT2D eigenvalue weighted by molar-refractivity contribution is 0.378. The van der Waals surface area contributed by atoms with E-state index in [0.29, 0.717) is 18.0 Å². The molecule has 0 spiro atoms. The van der Waals surface area contributed by atoms with Crippen LogP contribution in [0.5, 0.6) is 0 Å². The van der Waals surface area contributed by atoms with E-state index in [-0.39, 0.29) is 5.41 Å². The first-order valence-electron chi connectivity index (χ1n) is 7.03. The lowest BCUT2D eigenvalue weighted by Gasteiger charge is -2.17. The molecule has 116 valence electrons. The standard InChI is InChI=1S/C14H27N3O2S/c1-6-17-11-13(9-12(17)10-15-5)20(18,19)16-8-7-14(2,3)4/h9,11,15-16H,6-8,10H2,1-5H3. The van der Waals surface area contributed by atoms with Gasteiger partial charge in [-0.2, -0.15) is 0 Å². The van der Waals surface area contributed by atoms with Gasteiger partial charge in [-0.3, -0.25) is 0 Å². The zero-order chi connectivity index (χ0) is 15.4. The summed E-state index contributed by atoms with van der Waals surface area (Å²) in [6.07, 6.45) is 2.51. The maximum atomic E-state index is 12.3. The van der Waals surface area contributed by atoms with Gasteiger partial charge in [-0.15, -0.1) is 0 Å². The molecule has 6 heteroatoms. The van der Waals surface area contributed by atoms with Gasteiger partial charge in [0.05, 0.1) is 4.90 Å². The second kappa shape index (κ2) is 6.74. The third-order valence-corrected chi connectivity index (χ3v) is 4.56. The molecule has 0 fully saturated rings. The summed E-state index contributed by atoms with van der Waals surface area (Å²) in [5.41, 5.74) is 1.10. The third-order valence-electron chi connectivity index (χ3n) is 3.14. The van der Waals surface area contributed by atoms with Crippen molar-refractivity contribution in [3.05, 3.63) is 18.0 Å². The number of sulfonamides is 1. The summed E-state index contributed by atoms with van der Waals surface area (Å²) < 4.78 is 29.1. The van der Waals surface area contributed by atoms with E-state index in [4.69, 9.17) is 0 Å². The number of rotatable bonds is 7. The molecule has 0 atom stereocenters. The molecular weight excluding hydrogens is 274 g/mol. The maximum Gasteiger partial charge on any atom is 0.242 e. The Morgan fingerprint density at radius 2 is 1.95 bits per heavy atom. The quantitative estimate of drug-likeness (QED) is 0.809. The number of hydrogen-bond acceptors (Lipinski definition) is 3. The van der Waals surface area contributed by atoms with Crippen molar-refractivity contribution in [2.45, 2.75) is 52.1 Å². The van der Waals surface area contributed by atoms with Crippen LogP contribution in [0.1, 0.15) is 39.8 Å². The van der Waals surface area contributed by atoms with Gasteiger partial charge in [0.2, 0.25) is 10.0 Å². The minimum absolute atomic E-state index is 0.120. The molecule has 0 amide bonds. The first kappa shape index (κ1) is 17.2. The van der Waals surface area contributed by atoms with Gasteiger partial charge in [0.15, 0.2) is 0 Å². The van der Waals surface area contributed by atoms with Crippen molar-refractivity contribution in [1.29, 1.82) is 0 Å². The second-order valence-corrected chi connectivity index (χ2v) is 7.96.